The molecule has 9 heteroatoms. The van der Waals surface area contributed by atoms with Gasteiger partial charge in [0.2, 0.25) is 0 Å². The molecule has 0 spiro atoms. The summed E-state index contributed by atoms with van der Waals surface area (Å²) >= 11 is 0. The van der Waals surface area contributed by atoms with Gasteiger partial charge in [0.05, 0.1) is 17.7 Å². The number of methoxy groups -OCH3 is 1. The van der Waals surface area contributed by atoms with Crippen molar-refractivity contribution in [2.75, 3.05) is 12.5 Å². The predicted octanol–water partition coefficient (Wildman–Crippen LogP) is 4.33. The molecule has 0 aliphatic rings. The number of nitriles is 1. The highest BCUT2D eigenvalue weighted by atomic mass is 16.6. The van der Waals surface area contributed by atoms with Crippen LogP contribution in [0.4, 0.5) is 11.5 Å². The van der Waals surface area contributed by atoms with Gasteiger partial charge in [-0.3, -0.25) is 15.5 Å². The summed E-state index contributed by atoms with van der Waals surface area (Å²) in [5.74, 6) is 1.25. The number of non-ortho nitro benzene ring substituents is 1. The number of furan rings is 1. The molecular weight excluding hydrogens is 386 g/mol. The number of aromatic nitrogens is 1. The molecule has 0 saturated heterocycles. The zero-order chi connectivity index (χ0) is 21.7. The lowest BCUT2D eigenvalue weighted by atomic mass is 10.1. The van der Waals surface area contributed by atoms with Gasteiger partial charge < -0.3 is 9.15 Å². The fourth-order valence-electron chi connectivity index (χ4n) is 2.93. The molecule has 0 aliphatic carbocycles. The molecule has 0 fully saturated rings. The second-order valence-corrected chi connectivity index (χ2v) is 6.52. The molecule has 3 rings (SSSR count). The van der Waals surface area contributed by atoms with E-state index in [1.54, 1.807) is 31.4 Å². The van der Waals surface area contributed by atoms with Crippen LogP contribution in [-0.4, -0.2) is 23.2 Å². The summed E-state index contributed by atoms with van der Waals surface area (Å²) in [6, 6.07) is 11.9. The molecule has 30 heavy (non-hydrogen) atoms. The van der Waals surface area contributed by atoms with Crippen molar-refractivity contribution in [2.24, 2.45) is 5.10 Å². The number of hydrogen-bond donors (Lipinski definition) is 1. The summed E-state index contributed by atoms with van der Waals surface area (Å²) in [7, 11) is 1.56. The number of nitro groups is 1. The van der Waals surface area contributed by atoms with Crippen molar-refractivity contribution in [3.8, 4) is 17.4 Å². The van der Waals surface area contributed by atoms with Gasteiger partial charge in [-0.15, -0.1) is 0 Å². The molecule has 3 aromatic rings. The number of aryl methyl sites for hydroxylation is 2. The van der Waals surface area contributed by atoms with Gasteiger partial charge in [0.25, 0.3) is 5.69 Å². The third kappa shape index (κ3) is 4.51. The molecule has 0 atom stereocenters. The zero-order valence-electron chi connectivity index (χ0n) is 16.7. The molecule has 0 saturated carbocycles. The number of pyridine rings is 1. The van der Waals surface area contributed by atoms with Crippen LogP contribution < -0.4 is 5.43 Å². The van der Waals surface area contributed by atoms with Gasteiger partial charge in [-0.2, -0.15) is 10.4 Å². The van der Waals surface area contributed by atoms with Crippen LogP contribution in [0.25, 0.3) is 11.3 Å². The number of ether oxygens (including phenoxy) is 1. The number of nitrogens with one attached hydrogen (secondary N) is 1. The van der Waals surface area contributed by atoms with E-state index in [2.05, 4.69) is 21.6 Å². The minimum atomic E-state index is -0.447. The maximum absolute atomic E-state index is 11.0. The van der Waals surface area contributed by atoms with Gasteiger partial charge in [0.15, 0.2) is 5.82 Å². The number of rotatable bonds is 7. The normalized spacial score (nSPS) is 10.9. The Kier molecular flexibility index (Phi) is 6.20. The number of nitro benzene ring substituents is 1. The Morgan fingerprint density at radius 1 is 1.33 bits per heavy atom. The maximum atomic E-state index is 11.0. The second kappa shape index (κ2) is 8.98. The summed E-state index contributed by atoms with van der Waals surface area (Å²) in [5.41, 5.74) is 6.03. The molecule has 1 N–H and O–H groups in total. The van der Waals surface area contributed by atoms with Gasteiger partial charge in [-0.25, -0.2) is 4.98 Å². The van der Waals surface area contributed by atoms with Crippen LogP contribution in [0.5, 0.6) is 0 Å². The van der Waals surface area contributed by atoms with Crippen LogP contribution >= 0.6 is 0 Å². The lowest BCUT2D eigenvalue weighted by Gasteiger charge is -2.08. The standard InChI is InChI=1S/C21H19N5O4/c1-13-4-5-16(26(27)28)9-18(13)20-7-6-17(30-20)11-23-25-21-19(10-22)15(12-29-3)8-14(2)24-21/h4-9,11H,12H2,1-3H3,(H,24,25)/b23-11+. The quantitative estimate of drug-likeness (QED) is 0.352. The summed E-state index contributed by atoms with van der Waals surface area (Å²) in [5, 5.41) is 24.6. The van der Waals surface area contributed by atoms with E-state index in [1.165, 1.54) is 18.3 Å². The van der Waals surface area contributed by atoms with Crippen molar-refractivity contribution < 1.29 is 14.1 Å². The van der Waals surface area contributed by atoms with Gasteiger partial charge in [-0.1, -0.05) is 6.07 Å². The Morgan fingerprint density at radius 3 is 2.83 bits per heavy atom. The first-order valence-electron chi connectivity index (χ1n) is 8.96. The highest BCUT2D eigenvalue weighted by Crippen LogP contribution is 2.29. The molecular formula is C21H19N5O4. The van der Waals surface area contributed by atoms with Crippen LogP contribution in [0.1, 0.15) is 28.1 Å². The van der Waals surface area contributed by atoms with Crippen molar-refractivity contribution in [1.82, 2.24) is 4.98 Å². The lowest BCUT2D eigenvalue weighted by molar-refractivity contribution is -0.384. The molecule has 2 heterocycles. The lowest BCUT2D eigenvalue weighted by Crippen LogP contribution is -2.03. The summed E-state index contributed by atoms with van der Waals surface area (Å²) in [6.07, 6.45) is 1.44. The van der Waals surface area contributed by atoms with Crippen LogP contribution in [0.15, 0.2) is 45.9 Å². The summed E-state index contributed by atoms with van der Waals surface area (Å²) in [6.45, 7) is 3.95. The average Bonchev–Trinajstić information content (AvgIpc) is 3.17. The van der Waals surface area contributed by atoms with E-state index in [4.69, 9.17) is 9.15 Å². The second-order valence-electron chi connectivity index (χ2n) is 6.52. The Balaban J connectivity index is 1.82. The number of hydrogen-bond acceptors (Lipinski definition) is 8. The summed E-state index contributed by atoms with van der Waals surface area (Å²) < 4.78 is 10.9. The number of anilines is 1. The fourth-order valence-corrected chi connectivity index (χ4v) is 2.93. The van der Waals surface area contributed by atoms with E-state index in [-0.39, 0.29) is 12.3 Å². The van der Waals surface area contributed by atoms with Crippen LogP contribution in [0, 0.1) is 35.3 Å². The third-order valence-corrected chi connectivity index (χ3v) is 4.33. The largest absolute Gasteiger partial charge is 0.455 e. The highest BCUT2D eigenvalue weighted by Gasteiger charge is 2.13. The molecule has 152 valence electrons. The van der Waals surface area contributed by atoms with E-state index >= 15 is 0 Å². The van der Waals surface area contributed by atoms with Crippen molar-refractivity contribution in [1.29, 1.82) is 5.26 Å². The van der Waals surface area contributed by atoms with Crippen LogP contribution in [0.3, 0.4) is 0 Å². The first kappa shape index (κ1) is 20.7. The molecule has 0 aliphatic heterocycles. The van der Waals surface area contributed by atoms with Gasteiger partial charge in [-0.05, 0) is 37.6 Å². The van der Waals surface area contributed by atoms with Crippen LogP contribution in [-0.2, 0) is 11.3 Å². The molecule has 0 amide bonds. The van der Waals surface area contributed by atoms with Crippen LogP contribution in [0.2, 0.25) is 0 Å². The topological polar surface area (TPSA) is 127 Å². The SMILES string of the molecule is COCc1cc(C)nc(N/N=C/c2ccc(-c3cc([N+](=O)[O-])ccc3C)o2)c1C#N. The highest BCUT2D eigenvalue weighted by molar-refractivity contribution is 5.78. The minimum absolute atomic E-state index is 0.00898. The van der Waals surface area contributed by atoms with Gasteiger partial charge >= 0.3 is 0 Å². The molecule has 0 unspecified atom stereocenters. The fraction of sp³-hybridized carbons (Fsp3) is 0.190. The zero-order valence-corrected chi connectivity index (χ0v) is 16.7. The Hall–Kier alpha value is -4.03. The molecule has 2 aromatic heterocycles. The summed E-state index contributed by atoms with van der Waals surface area (Å²) in [4.78, 5) is 14.9. The van der Waals surface area contributed by atoms with E-state index < -0.39 is 4.92 Å². The van der Waals surface area contributed by atoms with Crippen molar-refractivity contribution in [3.63, 3.8) is 0 Å². The van der Waals surface area contributed by atoms with E-state index in [0.29, 0.717) is 34.0 Å². The van der Waals surface area contributed by atoms with E-state index in [1.807, 2.05) is 13.8 Å². The molecule has 9 nitrogen and oxygen atoms in total. The Bertz CT molecular complexity index is 1160. The van der Waals surface area contributed by atoms with Crippen molar-refractivity contribution in [3.05, 3.63) is 74.7 Å². The first-order valence-corrected chi connectivity index (χ1v) is 8.96. The van der Waals surface area contributed by atoms with Crippen molar-refractivity contribution >= 4 is 17.7 Å². The minimum Gasteiger partial charge on any atom is -0.455 e. The van der Waals surface area contributed by atoms with Gasteiger partial charge in [0, 0.05) is 36.1 Å². The monoisotopic (exact) mass is 405 g/mol. The Labute approximate surface area is 172 Å². The van der Waals surface area contributed by atoms with E-state index in [9.17, 15) is 15.4 Å². The number of benzene rings is 1. The van der Waals surface area contributed by atoms with Gasteiger partial charge in [0.1, 0.15) is 23.2 Å². The smallest absolute Gasteiger partial charge is 0.270 e. The molecule has 0 radical (unpaired) electrons. The Morgan fingerprint density at radius 2 is 2.13 bits per heavy atom. The maximum Gasteiger partial charge on any atom is 0.270 e. The first-order chi connectivity index (χ1) is 14.4. The van der Waals surface area contributed by atoms with Crippen molar-refractivity contribution in [2.45, 2.75) is 20.5 Å². The average molecular weight is 405 g/mol. The predicted molar refractivity (Wildman–Crippen MR) is 111 cm³/mol. The molecule has 0 bridgehead atoms. The van der Waals surface area contributed by atoms with E-state index in [0.717, 1.165) is 11.3 Å². The third-order valence-electron chi connectivity index (χ3n) is 4.33. The number of hydrazone groups is 1. The number of nitrogens with zero attached hydrogens (tertiary/aromatic N) is 4. The molecule has 1 aromatic carbocycles.